The molecule has 0 fully saturated rings. The molecular weight excluding hydrogens is 280 g/mol. The van der Waals surface area contributed by atoms with Gasteiger partial charge in [-0.1, -0.05) is 17.7 Å². The highest BCUT2D eigenvalue weighted by molar-refractivity contribution is 6.30. The summed E-state index contributed by atoms with van der Waals surface area (Å²) in [5, 5.41) is 12.3. The van der Waals surface area contributed by atoms with Crippen LogP contribution >= 0.6 is 11.6 Å². The number of nitrogens with zero attached hydrogens (tertiary/aromatic N) is 2. The van der Waals surface area contributed by atoms with Gasteiger partial charge in [0.15, 0.2) is 0 Å². The van der Waals surface area contributed by atoms with Crippen LogP contribution < -0.4 is 11.1 Å². The molecule has 20 heavy (non-hydrogen) atoms. The average Bonchev–Trinajstić information content (AvgIpc) is 2.38. The number of carboxylic acid groups (broad SMARTS) is 1. The summed E-state index contributed by atoms with van der Waals surface area (Å²) in [5.41, 5.74) is 7.06. The summed E-state index contributed by atoms with van der Waals surface area (Å²) in [4.78, 5) is 18.8. The van der Waals surface area contributed by atoms with Gasteiger partial charge in [-0.25, -0.2) is 9.97 Å². The van der Waals surface area contributed by atoms with Gasteiger partial charge in [-0.2, -0.15) is 0 Å². The molecule has 0 aliphatic rings. The van der Waals surface area contributed by atoms with Crippen molar-refractivity contribution < 1.29 is 9.90 Å². The van der Waals surface area contributed by atoms with Gasteiger partial charge in [-0.3, -0.25) is 4.79 Å². The maximum Gasteiger partial charge on any atom is 0.305 e. The Kier molecular flexibility index (Phi) is 4.49. The minimum Gasteiger partial charge on any atom is -0.481 e. The average molecular weight is 293 g/mol. The van der Waals surface area contributed by atoms with Crippen molar-refractivity contribution in [2.24, 2.45) is 5.73 Å². The van der Waals surface area contributed by atoms with Gasteiger partial charge in [0.1, 0.15) is 0 Å². The lowest BCUT2D eigenvalue weighted by Gasteiger charge is -2.09. The number of carbonyl (C=O) groups is 1. The van der Waals surface area contributed by atoms with Crippen molar-refractivity contribution in [1.82, 2.24) is 9.97 Å². The Bertz CT molecular complexity index is 604. The van der Waals surface area contributed by atoms with E-state index in [1.807, 2.05) is 12.1 Å². The van der Waals surface area contributed by atoms with Crippen molar-refractivity contribution in [1.29, 1.82) is 0 Å². The molecule has 1 aromatic heterocycles. The van der Waals surface area contributed by atoms with Crippen LogP contribution in [0.15, 0.2) is 36.7 Å². The number of hydrogen-bond donors (Lipinski definition) is 3. The third-order valence-electron chi connectivity index (χ3n) is 2.58. The molecule has 2 aromatic rings. The zero-order valence-corrected chi connectivity index (χ0v) is 11.2. The zero-order chi connectivity index (χ0) is 14.5. The summed E-state index contributed by atoms with van der Waals surface area (Å²) < 4.78 is 0. The number of hydrogen-bond acceptors (Lipinski definition) is 5. The van der Waals surface area contributed by atoms with Gasteiger partial charge in [0.2, 0.25) is 5.95 Å². The molecule has 104 valence electrons. The number of nitrogens with two attached hydrogens (primary N) is 1. The fourth-order valence-electron chi connectivity index (χ4n) is 1.60. The van der Waals surface area contributed by atoms with Gasteiger partial charge in [0, 0.05) is 34.7 Å². The summed E-state index contributed by atoms with van der Waals surface area (Å²) in [6, 6.07) is 6.53. The third kappa shape index (κ3) is 3.91. The van der Waals surface area contributed by atoms with E-state index < -0.39 is 12.0 Å². The number of carboxylic acids is 1. The van der Waals surface area contributed by atoms with E-state index in [1.165, 1.54) is 12.4 Å². The second-order valence-corrected chi connectivity index (χ2v) is 4.62. The maximum absolute atomic E-state index is 10.6. The van der Waals surface area contributed by atoms with Crippen LogP contribution in [0, 0.1) is 0 Å². The number of rotatable bonds is 5. The maximum atomic E-state index is 10.6. The Balaban J connectivity index is 2.06. The molecule has 7 heteroatoms. The van der Waals surface area contributed by atoms with E-state index in [9.17, 15) is 4.79 Å². The van der Waals surface area contributed by atoms with Gasteiger partial charge in [-0.05, 0) is 18.2 Å². The molecule has 6 nitrogen and oxygen atoms in total. The lowest BCUT2D eigenvalue weighted by Crippen LogP contribution is -2.15. The molecule has 0 amide bonds. The quantitative estimate of drug-likeness (QED) is 0.782. The molecule has 0 aliphatic carbocycles. The summed E-state index contributed by atoms with van der Waals surface area (Å²) in [6.07, 6.45) is 2.85. The number of halogens is 1. The van der Waals surface area contributed by atoms with Crippen LogP contribution in [-0.2, 0) is 4.79 Å². The lowest BCUT2D eigenvalue weighted by molar-refractivity contribution is -0.137. The molecule has 0 saturated carbocycles. The Morgan fingerprint density at radius 3 is 2.70 bits per heavy atom. The standard InChI is InChI=1S/C13H13ClN4O2/c14-9-2-1-3-10(4-9)18-13-16-6-8(7-17-13)11(15)5-12(19)20/h1-4,6-7,11H,5,15H2,(H,19,20)(H,16,17,18)/t11-/m0/s1. The number of nitrogens with one attached hydrogen (secondary N) is 1. The molecule has 0 bridgehead atoms. The molecule has 0 aliphatic heterocycles. The molecule has 0 unspecified atom stereocenters. The smallest absolute Gasteiger partial charge is 0.305 e. The molecule has 0 saturated heterocycles. The minimum atomic E-state index is -0.960. The van der Waals surface area contributed by atoms with E-state index in [0.29, 0.717) is 16.5 Å². The van der Waals surface area contributed by atoms with Crippen LogP contribution in [0.25, 0.3) is 0 Å². The van der Waals surface area contributed by atoms with Crippen molar-refractivity contribution >= 4 is 29.2 Å². The van der Waals surface area contributed by atoms with E-state index in [2.05, 4.69) is 15.3 Å². The van der Waals surface area contributed by atoms with E-state index in [1.54, 1.807) is 12.1 Å². The second kappa shape index (κ2) is 6.31. The zero-order valence-electron chi connectivity index (χ0n) is 10.5. The fourth-order valence-corrected chi connectivity index (χ4v) is 1.79. The molecule has 0 radical (unpaired) electrons. The van der Waals surface area contributed by atoms with Crippen molar-refractivity contribution in [2.75, 3.05) is 5.32 Å². The summed E-state index contributed by atoms with van der Waals surface area (Å²) in [6.45, 7) is 0. The number of anilines is 2. The molecule has 1 atom stereocenters. The highest BCUT2D eigenvalue weighted by Crippen LogP contribution is 2.18. The normalized spacial score (nSPS) is 11.9. The molecule has 1 heterocycles. The monoisotopic (exact) mass is 292 g/mol. The predicted molar refractivity (Wildman–Crippen MR) is 75.9 cm³/mol. The molecular formula is C13H13ClN4O2. The first-order valence-corrected chi connectivity index (χ1v) is 6.24. The Morgan fingerprint density at radius 2 is 2.10 bits per heavy atom. The SMILES string of the molecule is N[C@@H](CC(=O)O)c1cnc(Nc2cccc(Cl)c2)nc1. The predicted octanol–water partition coefficient (Wildman–Crippen LogP) is 2.35. The van der Waals surface area contributed by atoms with E-state index in [0.717, 1.165) is 5.69 Å². The number of benzene rings is 1. The van der Waals surface area contributed by atoms with Crippen LogP contribution in [0.2, 0.25) is 5.02 Å². The first kappa shape index (κ1) is 14.2. The largest absolute Gasteiger partial charge is 0.481 e. The van der Waals surface area contributed by atoms with Gasteiger partial charge >= 0.3 is 5.97 Å². The highest BCUT2D eigenvalue weighted by atomic mass is 35.5. The Morgan fingerprint density at radius 1 is 1.40 bits per heavy atom. The summed E-state index contributed by atoms with van der Waals surface area (Å²) >= 11 is 5.87. The van der Waals surface area contributed by atoms with E-state index >= 15 is 0 Å². The van der Waals surface area contributed by atoms with Gasteiger partial charge < -0.3 is 16.2 Å². The van der Waals surface area contributed by atoms with Crippen LogP contribution in [0.3, 0.4) is 0 Å². The topological polar surface area (TPSA) is 101 Å². The van der Waals surface area contributed by atoms with Crippen molar-refractivity contribution in [3.05, 3.63) is 47.2 Å². The van der Waals surface area contributed by atoms with Crippen molar-refractivity contribution in [3.8, 4) is 0 Å². The fraction of sp³-hybridized carbons (Fsp3) is 0.154. The number of aliphatic carboxylic acids is 1. The second-order valence-electron chi connectivity index (χ2n) is 4.18. The van der Waals surface area contributed by atoms with Crippen LogP contribution in [0.4, 0.5) is 11.6 Å². The van der Waals surface area contributed by atoms with Gasteiger partial charge in [-0.15, -0.1) is 0 Å². The minimum absolute atomic E-state index is 0.162. The first-order valence-electron chi connectivity index (χ1n) is 5.86. The molecule has 4 N–H and O–H groups in total. The Hall–Kier alpha value is -2.18. The summed E-state index contributed by atoms with van der Waals surface area (Å²) in [7, 11) is 0. The van der Waals surface area contributed by atoms with E-state index in [-0.39, 0.29) is 6.42 Å². The Labute approximate surface area is 120 Å². The summed E-state index contributed by atoms with van der Waals surface area (Å²) in [5.74, 6) is -0.572. The third-order valence-corrected chi connectivity index (χ3v) is 2.81. The molecule has 0 spiro atoms. The molecule has 1 aromatic carbocycles. The van der Waals surface area contributed by atoms with E-state index in [4.69, 9.17) is 22.4 Å². The lowest BCUT2D eigenvalue weighted by atomic mass is 10.1. The van der Waals surface area contributed by atoms with Crippen LogP contribution in [0.5, 0.6) is 0 Å². The van der Waals surface area contributed by atoms with Crippen LogP contribution in [0.1, 0.15) is 18.0 Å². The number of aromatic nitrogens is 2. The first-order chi connectivity index (χ1) is 9.54. The van der Waals surface area contributed by atoms with Gasteiger partial charge in [0.05, 0.1) is 6.42 Å². The molecule has 2 rings (SSSR count). The van der Waals surface area contributed by atoms with Crippen molar-refractivity contribution in [3.63, 3.8) is 0 Å². The highest BCUT2D eigenvalue weighted by Gasteiger charge is 2.11. The van der Waals surface area contributed by atoms with Crippen LogP contribution in [-0.4, -0.2) is 21.0 Å². The van der Waals surface area contributed by atoms with Crippen molar-refractivity contribution in [2.45, 2.75) is 12.5 Å². The van der Waals surface area contributed by atoms with Gasteiger partial charge in [0.25, 0.3) is 0 Å².